The highest BCUT2D eigenvalue weighted by Gasteiger charge is 2.16. The molecule has 0 radical (unpaired) electrons. The Balaban J connectivity index is 1.98. The van der Waals surface area contributed by atoms with Crippen molar-refractivity contribution in [2.24, 2.45) is 0 Å². The van der Waals surface area contributed by atoms with E-state index in [9.17, 15) is 9.59 Å². The summed E-state index contributed by atoms with van der Waals surface area (Å²) in [5.41, 5.74) is 0.703. The lowest BCUT2D eigenvalue weighted by Crippen LogP contribution is -2.24. The molecule has 1 amide bonds. The van der Waals surface area contributed by atoms with Crippen LogP contribution in [0.15, 0.2) is 17.5 Å². The number of carboxylic acid groups (broad SMARTS) is 1. The van der Waals surface area contributed by atoms with Gasteiger partial charge in [-0.15, -0.1) is 22.7 Å². The number of thiophene rings is 1. The Hall–Kier alpha value is -1.73. The topological polar surface area (TPSA) is 79.3 Å². The summed E-state index contributed by atoms with van der Waals surface area (Å²) in [5, 5.41) is 14.1. The lowest BCUT2D eigenvalue weighted by Gasteiger charge is -2.02. The molecule has 0 saturated carbocycles. The number of carbonyl (C=O) groups excluding carboxylic acids is 1. The van der Waals surface area contributed by atoms with E-state index in [1.54, 1.807) is 18.3 Å². The second kappa shape index (κ2) is 6.62. The first-order chi connectivity index (χ1) is 9.58. The van der Waals surface area contributed by atoms with Crippen LogP contribution in [0.2, 0.25) is 0 Å². The minimum atomic E-state index is -0.854. The van der Waals surface area contributed by atoms with Crippen LogP contribution in [0.5, 0.6) is 0 Å². The van der Waals surface area contributed by atoms with E-state index in [0.29, 0.717) is 23.5 Å². The summed E-state index contributed by atoms with van der Waals surface area (Å²) in [6.07, 6.45) is 0.485. The second-order valence-corrected chi connectivity index (χ2v) is 6.11. The number of amides is 1. The van der Waals surface area contributed by atoms with Crippen LogP contribution in [0.3, 0.4) is 0 Å². The van der Waals surface area contributed by atoms with Crippen molar-refractivity contribution in [2.75, 3.05) is 6.54 Å². The minimum Gasteiger partial charge on any atom is -0.481 e. The Labute approximate surface area is 124 Å². The van der Waals surface area contributed by atoms with E-state index < -0.39 is 5.97 Å². The molecule has 0 aliphatic heterocycles. The summed E-state index contributed by atoms with van der Waals surface area (Å²) in [4.78, 5) is 28.4. The highest BCUT2D eigenvalue weighted by atomic mass is 32.1. The van der Waals surface area contributed by atoms with Gasteiger partial charge in [0.1, 0.15) is 9.88 Å². The molecule has 2 aromatic rings. The van der Waals surface area contributed by atoms with Gasteiger partial charge < -0.3 is 10.4 Å². The number of aryl methyl sites for hydroxylation is 1. The van der Waals surface area contributed by atoms with Crippen LogP contribution in [0, 0.1) is 6.92 Å². The first kappa shape index (κ1) is 14.7. The highest BCUT2D eigenvalue weighted by molar-refractivity contribution is 7.22. The normalized spacial score (nSPS) is 10.4. The molecule has 2 N–H and O–H groups in total. The molecule has 0 fully saturated rings. The number of carboxylic acids is 1. The Bertz CT molecular complexity index is 605. The predicted molar refractivity (Wildman–Crippen MR) is 79.4 cm³/mol. The van der Waals surface area contributed by atoms with Crippen LogP contribution >= 0.6 is 22.7 Å². The van der Waals surface area contributed by atoms with Crippen LogP contribution < -0.4 is 5.32 Å². The average Bonchev–Trinajstić information content (AvgIpc) is 3.02. The van der Waals surface area contributed by atoms with Gasteiger partial charge in [-0.05, 0) is 24.8 Å². The van der Waals surface area contributed by atoms with Gasteiger partial charge in [0.2, 0.25) is 0 Å². The Morgan fingerprint density at radius 2 is 2.25 bits per heavy atom. The van der Waals surface area contributed by atoms with E-state index in [1.807, 2.05) is 17.5 Å². The zero-order valence-corrected chi connectivity index (χ0v) is 12.5. The van der Waals surface area contributed by atoms with Gasteiger partial charge >= 0.3 is 5.97 Å². The fourth-order valence-electron chi connectivity index (χ4n) is 1.63. The molecule has 2 aromatic heterocycles. The number of carbonyl (C=O) groups is 2. The average molecular weight is 310 g/mol. The lowest BCUT2D eigenvalue weighted by atomic mass is 10.3. The van der Waals surface area contributed by atoms with Crippen molar-refractivity contribution < 1.29 is 14.7 Å². The number of aromatic nitrogens is 1. The van der Waals surface area contributed by atoms with Crippen LogP contribution in [-0.2, 0) is 4.79 Å². The van der Waals surface area contributed by atoms with Crippen LogP contribution in [-0.4, -0.2) is 28.5 Å². The van der Waals surface area contributed by atoms with Gasteiger partial charge in [-0.2, -0.15) is 0 Å². The van der Waals surface area contributed by atoms with Crippen LogP contribution in [0.25, 0.3) is 9.88 Å². The Morgan fingerprint density at radius 1 is 1.45 bits per heavy atom. The highest BCUT2D eigenvalue weighted by Crippen LogP contribution is 2.30. The van der Waals surface area contributed by atoms with E-state index in [1.165, 1.54) is 11.3 Å². The van der Waals surface area contributed by atoms with Gasteiger partial charge in [0.15, 0.2) is 0 Å². The van der Waals surface area contributed by atoms with Crippen LogP contribution in [0.4, 0.5) is 0 Å². The molecule has 7 heteroatoms. The minimum absolute atomic E-state index is 0.0579. The molecule has 2 rings (SSSR count). The van der Waals surface area contributed by atoms with Crippen molar-refractivity contribution in [3.05, 3.63) is 28.1 Å². The quantitative estimate of drug-likeness (QED) is 0.804. The zero-order valence-electron chi connectivity index (χ0n) is 10.9. The van der Waals surface area contributed by atoms with Crippen molar-refractivity contribution in [3.63, 3.8) is 0 Å². The number of aliphatic carboxylic acids is 1. The third-order valence-electron chi connectivity index (χ3n) is 2.59. The van der Waals surface area contributed by atoms with Gasteiger partial charge in [-0.3, -0.25) is 9.59 Å². The maximum absolute atomic E-state index is 12.0. The number of rotatable bonds is 6. The molecule has 106 valence electrons. The van der Waals surface area contributed by atoms with Gasteiger partial charge in [-0.1, -0.05) is 6.07 Å². The number of thiazole rings is 1. The van der Waals surface area contributed by atoms with Gasteiger partial charge in [-0.25, -0.2) is 4.98 Å². The maximum Gasteiger partial charge on any atom is 0.303 e. The summed E-state index contributed by atoms with van der Waals surface area (Å²) >= 11 is 2.95. The Kier molecular flexibility index (Phi) is 4.86. The molecular formula is C13H14N2O3S2. The smallest absolute Gasteiger partial charge is 0.303 e. The SMILES string of the molecule is Cc1nc(-c2cccs2)sc1C(=O)NCCCC(=O)O. The molecule has 0 atom stereocenters. The molecule has 2 heterocycles. The largest absolute Gasteiger partial charge is 0.481 e. The third kappa shape index (κ3) is 3.64. The molecule has 20 heavy (non-hydrogen) atoms. The molecule has 0 aromatic carbocycles. The predicted octanol–water partition coefficient (Wildman–Crippen LogP) is 2.77. The maximum atomic E-state index is 12.0. The molecular weight excluding hydrogens is 296 g/mol. The summed E-state index contributed by atoms with van der Waals surface area (Å²) in [6.45, 7) is 2.16. The van der Waals surface area contributed by atoms with Gasteiger partial charge in [0.25, 0.3) is 5.91 Å². The molecule has 5 nitrogen and oxygen atoms in total. The van der Waals surface area contributed by atoms with Crippen molar-refractivity contribution in [3.8, 4) is 9.88 Å². The molecule has 0 aliphatic carbocycles. The fourth-order valence-corrected chi connectivity index (χ4v) is 3.41. The molecule has 0 aliphatic rings. The number of nitrogens with one attached hydrogen (secondary N) is 1. The molecule has 0 bridgehead atoms. The summed E-state index contributed by atoms with van der Waals surface area (Å²) in [6, 6.07) is 3.92. The van der Waals surface area contributed by atoms with Crippen molar-refractivity contribution >= 4 is 34.6 Å². The fraction of sp³-hybridized carbons (Fsp3) is 0.308. The van der Waals surface area contributed by atoms with E-state index in [0.717, 1.165) is 9.88 Å². The summed E-state index contributed by atoms with van der Waals surface area (Å²) in [5.74, 6) is -1.04. The first-order valence-corrected chi connectivity index (χ1v) is 7.79. The lowest BCUT2D eigenvalue weighted by molar-refractivity contribution is -0.137. The van der Waals surface area contributed by atoms with E-state index in [-0.39, 0.29) is 12.3 Å². The summed E-state index contributed by atoms with van der Waals surface area (Å²) in [7, 11) is 0. The van der Waals surface area contributed by atoms with Crippen molar-refractivity contribution in [2.45, 2.75) is 19.8 Å². The second-order valence-electron chi connectivity index (χ2n) is 4.16. The molecule has 0 unspecified atom stereocenters. The molecule has 0 saturated heterocycles. The first-order valence-electron chi connectivity index (χ1n) is 6.09. The van der Waals surface area contributed by atoms with Crippen molar-refractivity contribution in [1.82, 2.24) is 10.3 Å². The zero-order chi connectivity index (χ0) is 14.5. The Morgan fingerprint density at radius 3 is 2.90 bits per heavy atom. The van der Waals surface area contributed by atoms with E-state index in [2.05, 4.69) is 10.3 Å². The monoisotopic (exact) mass is 310 g/mol. The van der Waals surface area contributed by atoms with Gasteiger partial charge in [0, 0.05) is 13.0 Å². The van der Waals surface area contributed by atoms with Crippen LogP contribution in [0.1, 0.15) is 28.2 Å². The third-order valence-corrected chi connectivity index (χ3v) is 4.78. The molecule has 0 spiro atoms. The van der Waals surface area contributed by atoms with Gasteiger partial charge in [0.05, 0.1) is 10.6 Å². The number of hydrogen-bond donors (Lipinski definition) is 2. The van der Waals surface area contributed by atoms with E-state index >= 15 is 0 Å². The van der Waals surface area contributed by atoms with Crippen molar-refractivity contribution in [1.29, 1.82) is 0 Å². The summed E-state index contributed by atoms with van der Waals surface area (Å²) < 4.78 is 0. The number of nitrogens with zero attached hydrogens (tertiary/aromatic N) is 1. The standard InChI is InChI=1S/C13H14N2O3S2/c1-8-11(12(18)14-6-2-5-10(16)17)20-13(15-8)9-4-3-7-19-9/h3-4,7H,2,5-6H2,1H3,(H,14,18)(H,16,17). The number of hydrogen-bond acceptors (Lipinski definition) is 5. The van der Waals surface area contributed by atoms with E-state index in [4.69, 9.17) is 5.11 Å².